The second-order valence-corrected chi connectivity index (χ2v) is 9.06. The van der Waals surface area contributed by atoms with Crippen molar-refractivity contribution in [3.8, 4) is 0 Å². The van der Waals surface area contributed by atoms with E-state index in [4.69, 9.17) is 5.73 Å². The molecule has 0 aliphatic rings. The molecule has 0 aromatic rings. The zero-order chi connectivity index (χ0) is 24.1. The Kier molecular flexibility index (Phi) is 14.6. The lowest BCUT2D eigenvalue weighted by Crippen LogP contribution is -2.60. The number of carboxylic acid groups (broad SMARTS) is 1. The van der Waals surface area contributed by atoms with Crippen molar-refractivity contribution in [1.29, 1.82) is 0 Å². The fourth-order valence-corrected chi connectivity index (χ4v) is 3.38. The standard InChI is InChI=1S/C20H38N4O5S2/c1-6-11(3)15(18(26)22-14(20(28)29)8-9-31-5)24-19(27)16(12(4)7-2)23-17(25)13(21)10-30/h11-16,30H,6-10,21H2,1-5H3,(H,22,26)(H,23,25)(H,24,27)(H,28,29). The molecule has 0 aromatic carbocycles. The SMILES string of the molecule is CCC(C)C(NC(=O)C(N)CS)C(=O)NC(C(=O)NC(CCSC)C(=O)O)C(C)CC. The molecule has 0 bridgehead atoms. The van der Waals surface area contributed by atoms with Crippen LogP contribution in [0.5, 0.6) is 0 Å². The van der Waals surface area contributed by atoms with Gasteiger partial charge in [-0.15, -0.1) is 0 Å². The highest BCUT2D eigenvalue weighted by Gasteiger charge is 2.34. The van der Waals surface area contributed by atoms with Crippen LogP contribution in [0.1, 0.15) is 47.0 Å². The highest BCUT2D eigenvalue weighted by Crippen LogP contribution is 2.13. The van der Waals surface area contributed by atoms with Crippen LogP contribution in [0.2, 0.25) is 0 Å². The largest absolute Gasteiger partial charge is 0.480 e. The van der Waals surface area contributed by atoms with Crippen molar-refractivity contribution in [3.05, 3.63) is 0 Å². The van der Waals surface area contributed by atoms with Crippen molar-refractivity contribution in [2.75, 3.05) is 17.8 Å². The second kappa shape index (κ2) is 15.4. The van der Waals surface area contributed by atoms with Gasteiger partial charge < -0.3 is 26.8 Å². The van der Waals surface area contributed by atoms with Gasteiger partial charge in [-0.25, -0.2) is 4.79 Å². The first-order valence-corrected chi connectivity index (χ1v) is 12.6. The number of nitrogens with two attached hydrogens (primary N) is 1. The Hall–Kier alpha value is -1.46. The Labute approximate surface area is 194 Å². The van der Waals surface area contributed by atoms with E-state index in [9.17, 15) is 24.3 Å². The van der Waals surface area contributed by atoms with E-state index in [0.29, 0.717) is 18.6 Å². The predicted octanol–water partition coefficient (Wildman–Crippen LogP) is 0.628. The van der Waals surface area contributed by atoms with Gasteiger partial charge in [0.1, 0.15) is 18.1 Å². The molecule has 0 aromatic heterocycles. The maximum absolute atomic E-state index is 13.0. The normalized spacial score (nSPS) is 16.9. The first-order valence-electron chi connectivity index (χ1n) is 10.5. The molecule has 0 saturated carbocycles. The van der Waals surface area contributed by atoms with Crippen LogP contribution in [0.3, 0.4) is 0 Å². The van der Waals surface area contributed by atoms with Crippen LogP contribution in [0.25, 0.3) is 0 Å². The summed E-state index contributed by atoms with van der Waals surface area (Å²) in [7, 11) is 0. The maximum atomic E-state index is 13.0. The van der Waals surface area contributed by atoms with Crippen LogP contribution in [0.15, 0.2) is 0 Å². The van der Waals surface area contributed by atoms with Crippen molar-refractivity contribution in [2.24, 2.45) is 17.6 Å². The smallest absolute Gasteiger partial charge is 0.326 e. The fraction of sp³-hybridized carbons (Fsp3) is 0.800. The van der Waals surface area contributed by atoms with Crippen molar-refractivity contribution >= 4 is 48.1 Å². The van der Waals surface area contributed by atoms with Crippen molar-refractivity contribution < 1.29 is 24.3 Å². The average molecular weight is 479 g/mol. The molecule has 0 spiro atoms. The lowest BCUT2D eigenvalue weighted by atomic mass is 9.94. The average Bonchev–Trinajstić information content (AvgIpc) is 2.75. The summed E-state index contributed by atoms with van der Waals surface area (Å²) in [6.45, 7) is 7.38. The predicted molar refractivity (Wildman–Crippen MR) is 127 cm³/mol. The lowest BCUT2D eigenvalue weighted by molar-refractivity contribution is -0.142. The van der Waals surface area contributed by atoms with E-state index >= 15 is 0 Å². The zero-order valence-electron chi connectivity index (χ0n) is 19.0. The third-order valence-electron chi connectivity index (χ3n) is 5.35. The van der Waals surface area contributed by atoms with Gasteiger partial charge in [-0.2, -0.15) is 24.4 Å². The van der Waals surface area contributed by atoms with Gasteiger partial charge in [-0.05, 0) is 30.3 Å². The van der Waals surface area contributed by atoms with Gasteiger partial charge in [0, 0.05) is 5.75 Å². The third kappa shape index (κ3) is 10.1. The molecule has 3 amide bonds. The number of carbonyl (C=O) groups is 4. The van der Waals surface area contributed by atoms with Crippen LogP contribution >= 0.6 is 24.4 Å². The van der Waals surface area contributed by atoms with Gasteiger partial charge >= 0.3 is 5.97 Å². The minimum absolute atomic E-state index is 0.130. The maximum Gasteiger partial charge on any atom is 0.326 e. The lowest BCUT2D eigenvalue weighted by Gasteiger charge is -2.30. The molecule has 0 radical (unpaired) electrons. The van der Waals surface area contributed by atoms with E-state index in [1.165, 1.54) is 11.8 Å². The van der Waals surface area contributed by atoms with Gasteiger partial charge in [-0.1, -0.05) is 40.5 Å². The molecule has 0 fully saturated rings. The number of hydrogen-bond acceptors (Lipinski definition) is 7. The Morgan fingerprint density at radius 3 is 1.77 bits per heavy atom. The molecular formula is C20H38N4O5S2. The highest BCUT2D eigenvalue weighted by atomic mass is 32.2. The Morgan fingerprint density at radius 1 is 0.935 bits per heavy atom. The highest BCUT2D eigenvalue weighted by molar-refractivity contribution is 7.98. The number of thioether (sulfide) groups is 1. The van der Waals surface area contributed by atoms with E-state index in [1.807, 2.05) is 27.0 Å². The molecule has 0 aliphatic heterocycles. The topological polar surface area (TPSA) is 151 Å². The molecule has 0 aliphatic carbocycles. The van der Waals surface area contributed by atoms with Gasteiger partial charge in [0.15, 0.2) is 0 Å². The third-order valence-corrected chi connectivity index (χ3v) is 6.38. The number of nitrogens with one attached hydrogen (secondary N) is 3. The number of carboxylic acids is 1. The number of hydrogen-bond donors (Lipinski definition) is 6. The first kappa shape index (κ1) is 29.5. The second-order valence-electron chi connectivity index (χ2n) is 7.71. The molecule has 6 N–H and O–H groups in total. The molecule has 180 valence electrons. The van der Waals surface area contributed by atoms with Gasteiger partial charge in [0.25, 0.3) is 0 Å². The van der Waals surface area contributed by atoms with Crippen LogP contribution < -0.4 is 21.7 Å². The Balaban J connectivity index is 5.53. The van der Waals surface area contributed by atoms with Crippen LogP contribution in [-0.2, 0) is 19.2 Å². The molecule has 6 atom stereocenters. The molecule has 9 nitrogen and oxygen atoms in total. The van der Waals surface area contributed by atoms with Crippen LogP contribution in [0, 0.1) is 11.8 Å². The zero-order valence-corrected chi connectivity index (χ0v) is 20.7. The summed E-state index contributed by atoms with van der Waals surface area (Å²) in [4.78, 5) is 49.6. The summed E-state index contributed by atoms with van der Waals surface area (Å²) in [6.07, 6.45) is 3.33. The van der Waals surface area contributed by atoms with Gasteiger partial charge in [-0.3, -0.25) is 14.4 Å². The molecule has 0 saturated heterocycles. The number of amides is 3. The summed E-state index contributed by atoms with van der Waals surface area (Å²) in [5.74, 6) is -2.43. The Morgan fingerprint density at radius 2 is 1.39 bits per heavy atom. The molecule has 11 heteroatoms. The van der Waals surface area contributed by atoms with Gasteiger partial charge in [0.05, 0.1) is 6.04 Å². The number of thiol groups is 1. The minimum Gasteiger partial charge on any atom is -0.480 e. The summed E-state index contributed by atoms with van der Waals surface area (Å²) in [5, 5.41) is 17.3. The molecular weight excluding hydrogens is 440 g/mol. The molecule has 0 rings (SSSR count). The van der Waals surface area contributed by atoms with Crippen LogP contribution in [0.4, 0.5) is 0 Å². The summed E-state index contributed by atoms with van der Waals surface area (Å²) >= 11 is 5.49. The number of carbonyl (C=O) groups excluding carboxylic acids is 3. The van der Waals surface area contributed by atoms with Gasteiger partial charge in [0.2, 0.25) is 17.7 Å². The van der Waals surface area contributed by atoms with E-state index in [0.717, 1.165) is 0 Å². The molecule has 6 unspecified atom stereocenters. The van der Waals surface area contributed by atoms with Crippen LogP contribution in [-0.4, -0.2) is 70.7 Å². The summed E-state index contributed by atoms with van der Waals surface area (Å²) in [6, 6.07) is -3.71. The van der Waals surface area contributed by atoms with E-state index in [2.05, 4.69) is 28.6 Å². The summed E-state index contributed by atoms with van der Waals surface area (Å²) < 4.78 is 0. The van der Waals surface area contributed by atoms with E-state index < -0.39 is 47.9 Å². The summed E-state index contributed by atoms with van der Waals surface area (Å²) in [5.41, 5.74) is 5.71. The molecule has 31 heavy (non-hydrogen) atoms. The number of aliphatic carboxylic acids is 1. The first-order chi connectivity index (χ1) is 14.5. The Bertz CT molecular complexity index is 608. The monoisotopic (exact) mass is 478 g/mol. The van der Waals surface area contributed by atoms with Crippen molar-refractivity contribution in [3.63, 3.8) is 0 Å². The van der Waals surface area contributed by atoms with Crippen molar-refractivity contribution in [1.82, 2.24) is 16.0 Å². The minimum atomic E-state index is -1.12. The van der Waals surface area contributed by atoms with Crippen molar-refractivity contribution in [2.45, 2.75) is 71.1 Å². The van der Waals surface area contributed by atoms with E-state index in [1.54, 1.807) is 6.92 Å². The molecule has 0 heterocycles. The quantitative estimate of drug-likeness (QED) is 0.189. The number of rotatable bonds is 15. The van der Waals surface area contributed by atoms with E-state index in [-0.39, 0.29) is 24.0 Å². The fourth-order valence-electron chi connectivity index (χ4n) is 2.74.